The van der Waals surface area contributed by atoms with Gasteiger partial charge in [-0.05, 0) is 13.0 Å². The molecule has 0 bridgehead atoms. The molecule has 0 aliphatic rings. The molecule has 0 spiro atoms. The molecule has 1 nitrogen and oxygen atoms in total. The van der Waals surface area contributed by atoms with E-state index in [-0.39, 0.29) is 10.1 Å². The standard InChI is InChI=1S/C8H9BrF2O/c1-3-7(10)6(4-12)8(11)5(2)9/h3,12H,1,4H2,2H3/b7-6+,8-5-. The van der Waals surface area contributed by atoms with Crippen molar-refractivity contribution in [2.24, 2.45) is 0 Å². The summed E-state index contributed by atoms with van der Waals surface area (Å²) in [5, 5.41) is 8.61. The van der Waals surface area contributed by atoms with Gasteiger partial charge in [-0.1, -0.05) is 22.5 Å². The summed E-state index contributed by atoms with van der Waals surface area (Å²) in [6, 6.07) is 0. The number of hydrogen-bond donors (Lipinski definition) is 1. The Hall–Kier alpha value is -0.480. The van der Waals surface area contributed by atoms with Crippen LogP contribution in [0.1, 0.15) is 6.92 Å². The fraction of sp³-hybridized carbons (Fsp3) is 0.250. The highest BCUT2D eigenvalue weighted by Crippen LogP contribution is 2.23. The minimum absolute atomic E-state index is 0.142. The van der Waals surface area contributed by atoms with E-state index in [1.807, 2.05) is 0 Å². The quantitative estimate of drug-likeness (QED) is 0.750. The van der Waals surface area contributed by atoms with Crippen molar-refractivity contribution in [2.45, 2.75) is 6.92 Å². The lowest BCUT2D eigenvalue weighted by Crippen LogP contribution is -1.94. The first-order chi connectivity index (χ1) is 5.54. The topological polar surface area (TPSA) is 20.2 Å². The lowest BCUT2D eigenvalue weighted by molar-refractivity contribution is 0.323. The zero-order valence-electron chi connectivity index (χ0n) is 6.57. The minimum atomic E-state index is -0.853. The number of hydrogen-bond acceptors (Lipinski definition) is 1. The summed E-state index contributed by atoms with van der Waals surface area (Å²) >= 11 is 2.84. The van der Waals surface area contributed by atoms with E-state index in [0.29, 0.717) is 0 Å². The largest absolute Gasteiger partial charge is 0.391 e. The number of allylic oxidation sites excluding steroid dienone is 3. The Bertz CT molecular complexity index is 234. The van der Waals surface area contributed by atoms with Crippen molar-refractivity contribution in [3.05, 3.63) is 34.4 Å². The van der Waals surface area contributed by atoms with Crippen molar-refractivity contribution in [1.82, 2.24) is 0 Å². The normalized spacial score (nSPS) is 15.1. The third-order valence-electron chi connectivity index (χ3n) is 1.19. The molecule has 0 rings (SSSR count). The molecule has 0 aliphatic heterocycles. The lowest BCUT2D eigenvalue weighted by Gasteiger charge is -2.01. The molecule has 0 fully saturated rings. The Labute approximate surface area is 78.2 Å². The average Bonchev–Trinajstić information content (AvgIpc) is 2.05. The Morgan fingerprint density at radius 1 is 1.58 bits per heavy atom. The summed E-state index contributed by atoms with van der Waals surface area (Å²) in [6.45, 7) is 3.85. The van der Waals surface area contributed by atoms with E-state index in [2.05, 4.69) is 22.5 Å². The van der Waals surface area contributed by atoms with E-state index in [4.69, 9.17) is 5.11 Å². The second-order valence-corrected chi connectivity index (χ2v) is 3.23. The van der Waals surface area contributed by atoms with Gasteiger partial charge in [0.1, 0.15) is 11.7 Å². The molecule has 0 saturated heterocycles. The summed E-state index contributed by atoms with van der Waals surface area (Å²) in [5.41, 5.74) is -0.389. The lowest BCUT2D eigenvalue weighted by atomic mass is 10.2. The molecule has 0 saturated carbocycles. The highest BCUT2D eigenvalue weighted by molar-refractivity contribution is 9.11. The zero-order valence-corrected chi connectivity index (χ0v) is 8.16. The van der Waals surface area contributed by atoms with E-state index in [0.717, 1.165) is 6.08 Å². The maximum atomic E-state index is 13.0. The van der Waals surface area contributed by atoms with Gasteiger partial charge in [-0.2, -0.15) is 0 Å². The number of halogens is 3. The van der Waals surface area contributed by atoms with Crippen LogP contribution in [0, 0.1) is 0 Å². The molecule has 0 aromatic heterocycles. The Morgan fingerprint density at radius 2 is 2.08 bits per heavy atom. The molecule has 0 heterocycles. The van der Waals surface area contributed by atoms with Crippen molar-refractivity contribution < 1.29 is 13.9 Å². The van der Waals surface area contributed by atoms with Gasteiger partial charge in [0, 0.05) is 10.1 Å². The van der Waals surface area contributed by atoms with E-state index in [1.165, 1.54) is 6.92 Å². The van der Waals surface area contributed by atoms with Crippen molar-refractivity contribution in [3.8, 4) is 0 Å². The van der Waals surface area contributed by atoms with Crippen LogP contribution in [0.15, 0.2) is 34.4 Å². The number of aliphatic hydroxyl groups is 1. The summed E-state index contributed by atoms with van der Waals surface area (Å²) in [5.74, 6) is -1.65. The van der Waals surface area contributed by atoms with Gasteiger partial charge in [0.2, 0.25) is 0 Å². The summed E-state index contributed by atoms with van der Waals surface area (Å²) < 4.78 is 25.8. The molecule has 0 aromatic rings. The van der Waals surface area contributed by atoms with Crippen molar-refractivity contribution >= 4 is 15.9 Å². The van der Waals surface area contributed by atoms with Crippen LogP contribution in [0.2, 0.25) is 0 Å². The minimum Gasteiger partial charge on any atom is -0.391 e. The fourth-order valence-corrected chi connectivity index (χ4v) is 0.820. The molecule has 68 valence electrons. The Morgan fingerprint density at radius 3 is 2.33 bits per heavy atom. The first kappa shape index (κ1) is 11.5. The third kappa shape index (κ3) is 2.87. The molecule has 12 heavy (non-hydrogen) atoms. The highest BCUT2D eigenvalue weighted by atomic mass is 79.9. The van der Waals surface area contributed by atoms with Gasteiger partial charge >= 0.3 is 0 Å². The van der Waals surface area contributed by atoms with Crippen molar-refractivity contribution in [3.63, 3.8) is 0 Å². The van der Waals surface area contributed by atoms with Crippen molar-refractivity contribution in [2.75, 3.05) is 6.61 Å². The van der Waals surface area contributed by atoms with Gasteiger partial charge in [0.15, 0.2) is 0 Å². The Balaban J connectivity index is 5.06. The smallest absolute Gasteiger partial charge is 0.141 e. The summed E-state index contributed by atoms with van der Waals surface area (Å²) in [7, 11) is 0. The van der Waals surface area contributed by atoms with Crippen LogP contribution in [0.3, 0.4) is 0 Å². The van der Waals surface area contributed by atoms with Crippen LogP contribution >= 0.6 is 15.9 Å². The molecule has 1 N–H and O–H groups in total. The van der Waals surface area contributed by atoms with Gasteiger partial charge in [0.25, 0.3) is 0 Å². The van der Waals surface area contributed by atoms with Crippen LogP contribution in [0.25, 0.3) is 0 Å². The van der Waals surface area contributed by atoms with E-state index in [1.54, 1.807) is 0 Å². The maximum Gasteiger partial charge on any atom is 0.141 e. The second-order valence-electron chi connectivity index (χ2n) is 2.04. The number of aliphatic hydroxyl groups excluding tert-OH is 1. The monoisotopic (exact) mass is 238 g/mol. The molecule has 0 unspecified atom stereocenters. The molecule has 4 heteroatoms. The molecule has 0 aliphatic carbocycles. The first-order valence-electron chi connectivity index (χ1n) is 3.18. The second kappa shape index (κ2) is 5.22. The van der Waals surface area contributed by atoms with E-state index in [9.17, 15) is 8.78 Å². The molecule has 0 radical (unpaired) electrons. The molecular formula is C8H9BrF2O. The Kier molecular flexibility index (Phi) is 5.01. The first-order valence-corrected chi connectivity index (χ1v) is 3.98. The van der Waals surface area contributed by atoms with Crippen LogP contribution < -0.4 is 0 Å². The predicted molar refractivity (Wildman–Crippen MR) is 48.2 cm³/mol. The molecule has 0 aromatic carbocycles. The maximum absolute atomic E-state index is 13.0. The van der Waals surface area contributed by atoms with Gasteiger partial charge in [-0.15, -0.1) is 0 Å². The molecule has 0 atom stereocenters. The SMILES string of the molecule is C=C/C(F)=C(CO)\C(F)=C(/C)Br. The molecule has 0 amide bonds. The van der Waals surface area contributed by atoms with Crippen LogP contribution in [-0.4, -0.2) is 11.7 Å². The summed E-state index contributed by atoms with van der Waals surface area (Å²) in [4.78, 5) is 0. The third-order valence-corrected chi connectivity index (χ3v) is 1.54. The van der Waals surface area contributed by atoms with Gasteiger partial charge in [-0.25, -0.2) is 8.78 Å². The van der Waals surface area contributed by atoms with E-state index < -0.39 is 18.3 Å². The van der Waals surface area contributed by atoms with Crippen LogP contribution in [0.4, 0.5) is 8.78 Å². The predicted octanol–water partition coefficient (Wildman–Crippen LogP) is 2.98. The highest BCUT2D eigenvalue weighted by Gasteiger charge is 2.10. The van der Waals surface area contributed by atoms with Gasteiger partial charge in [-0.3, -0.25) is 0 Å². The van der Waals surface area contributed by atoms with Gasteiger partial charge in [0.05, 0.1) is 6.61 Å². The van der Waals surface area contributed by atoms with E-state index >= 15 is 0 Å². The van der Waals surface area contributed by atoms with Crippen LogP contribution in [-0.2, 0) is 0 Å². The molecular weight excluding hydrogens is 230 g/mol. The zero-order chi connectivity index (χ0) is 9.72. The average molecular weight is 239 g/mol. The van der Waals surface area contributed by atoms with Gasteiger partial charge < -0.3 is 5.11 Å². The van der Waals surface area contributed by atoms with Crippen molar-refractivity contribution in [1.29, 1.82) is 0 Å². The summed E-state index contributed by atoms with van der Waals surface area (Å²) in [6.07, 6.45) is 0.848. The fourth-order valence-electron chi connectivity index (χ4n) is 0.581. The van der Waals surface area contributed by atoms with Crippen LogP contribution in [0.5, 0.6) is 0 Å². The number of rotatable bonds is 3.